The van der Waals surface area contributed by atoms with E-state index in [1.165, 1.54) is 26.1 Å². The van der Waals surface area contributed by atoms with Crippen LogP contribution >= 0.6 is 11.3 Å². The van der Waals surface area contributed by atoms with Crippen LogP contribution < -0.4 is 0 Å². The van der Waals surface area contributed by atoms with Crippen molar-refractivity contribution in [2.45, 2.75) is 6.92 Å². The van der Waals surface area contributed by atoms with Gasteiger partial charge in [-0.05, 0) is 30.2 Å². The molecule has 3 aromatic rings. The van der Waals surface area contributed by atoms with E-state index in [9.17, 15) is 0 Å². The molecule has 0 atom stereocenters. The fourth-order valence-corrected chi connectivity index (χ4v) is 3.01. The van der Waals surface area contributed by atoms with Crippen molar-refractivity contribution in [3.63, 3.8) is 0 Å². The maximum atomic E-state index is 2.28. The molecule has 2 aromatic carbocycles. The predicted molar refractivity (Wildman–Crippen MR) is 72.0 cm³/mol. The van der Waals surface area contributed by atoms with E-state index in [0.717, 1.165) is 0 Å². The Morgan fingerprint density at radius 2 is 1.69 bits per heavy atom. The molecule has 0 fully saturated rings. The normalized spacial score (nSPS) is 10.8. The Morgan fingerprint density at radius 3 is 2.50 bits per heavy atom. The summed E-state index contributed by atoms with van der Waals surface area (Å²) in [5, 5.41) is 1.37. The van der Waals surface area contributed by atoms with E-state index >= 15 is 0 Å². The third kappa shape index (κ3) is 1.54. The van der Waals surface area contributed by atoms with E-state index in [2.05, 4.69) is 61.5 Å². The lowest BCUT2D eigenvalue weighted by atomic mass is 10.0. The van der Waals surface area contributed by atoms with Crippen molar-refractivity contribution in [3.05, 3.63) is 59.5 Å². The molecule has 0 N–H and O–H groups in total. The van der Waals surface area contributed by atoms with Gasteiger partial charge in [0.15, 0.2) is 0 Å². The third-order valence-electron chi connectivity index (χ3n) is 2.77. The summed E-state index contributed by atoms with van der Waals surface area (Å²) in [5.41, 5.74) is 2.63. The molecule has 1 aromatic heterocycles. The number of hydrogen-bond acceptors (Lipinski definition) is 1. The molecule has 0 bridgehead atoms. The Labute approximate surface area is 99.2 Å². The summed E-state index contributed by atoms with van der Waals surface area (Å²) in [7, 11) is 0. The van der Waals surface area contributed by atoms with Crippen molar-refractivity contribution in [2.75, 3.05) is 0 Å². The molecule has 0 radical (unpaired) electrons. The van der Waals surface area contributed by atoms with Crippen molar-refractivity contribution in [1.29, 1.82) is 0 Å². The summed E-state index contributed by atoms with van der Waals surface area (Å²) in [5.74, 6) is 0. The Kier molecular flexibility index (Phi) is 2.26. The highest BCUT2D eigenvalue weighted by Gasteiger charge is 2.05. The first-order valence-electron chi connectivity index (χ1n) is 5.39. The Morgan fingerprint density at radius 1 is 0.875 bits per heavy atom. The molecule has 16 heavy (non-hydrogen) atoms. The van der Waals surface area contributed by atoms with Gasteiger partial charge in [0.2, 0.25) is 0 Å². The van der Waals surface area contributed by atoms with Crippen LogP contribution in [0.3, 0.4) is 0 Å². The van der Waals surface area contributed by atoms with Gasteiger partial charge in [0.1, 0.15) is 0 Å². The molecule has 0 aliphatic rings. The lowest BCUT2D eigenvalue weighted by molar-refractivity contribution is 1.64. The molecule has 1 heteroatoms. The SMILES string of the molecule is Cc1cc2c(-c3ccccc3)cccc2s1. The molecule has 78 valence electrons. The van der Waals surface area contributed by atoms with Crippen LogP contribution in [0.25, 0.3) is 21.2 Å². The second-order valence-corrected chi connectivity index (χ2v) is 5.23. The van der Waals surface area contributed by atoms with E-state index in [0.29, 0.717) is 0 Å². The van der Waals surface area contributed by atoms with Crippen LogP contribution in [0.5, 0.6) is 0 Å². The summed E-state index contributed by atoms with van der Waals surface area (Å²) in [4.78, 5) is 1.37. The standard InChI is InChI=1S/C15H12S/c1-11-10-14-13(8-5-9-15(14)16-11)12-6-3-2-4-7-12/h2-10H,1H3. The first-order chi connectivity index (χ1) is 7.84. The minimum atomic E-state index is 1.30. The Bertz CT molecular complexity index is 620. The molecule has 0 nitrogen and oxygen atoms in total. The molecule has 3 rings (SSSR count). The van der Waals surface area contributed by atoms with Gasteiger partial charge in [0, 0.05) is 15.0 Å². The topological polar surface area (TPSA) is 0 Å². The largest absolute Gasteiger partial charge is 0.141 e. The summed E-state index contributed by atoms with van der Waals surface area (Å²) in [6, 6.07) is 19.4. The van der Waals surface area contributed by atoms with Crippen LogP contribution in [-0.4, -0.2) is 0 Å². The maximum Gasteiger partial charge on any atom is 0.0351 e. The minimum absolute atomic E-state index is 1.30. The quantitative estimate of drug-likeness (QED) is 0.553. The summed E-state index contributed by atoms with van der Waals surface area (Å²) < 4.78 is 1.37. The minimum Gasteiger partial charge on any atom is -0.141 e. The first kappa shape index (κ1) is 9.61. The zero-order valence-corrected chi connectivity index (χ0v) is 9.92. The molecule has 0 aliphatic carbocycles. The number of aryl methyl sites for hydroxylation is 1. The van der Waals surface area contributed by atoms with Gasteiger partial charge in [-0.25, -0.2) is 0 Å². The number of benzene rings is 2. The van der Waals surface area contributed by atoms with Gasteiger partial charge in [-0.15, -0.1) is 11.3 Å². The van der Waals surface area contributed by atoms with Crippen molar-refractivity contribution in [1.82, 2.24) is 0 Å². The summed E-state index contributed by atoms with van der Waals surface area (Å²) in [6.07, 6.45) is 0. The molecule has 0 saturated carbocycles. The van der Waals surface area contributed by atoms with Gasteiger partial charge < -0.3 is 0 Å². The van der Waals surface area contributed by atoms with Gasteiger partial charge in [0.05, 0.1) is 0 Å². The van der Waals surface area contributed by atoms with Gasteiger partial charge >= 0.3 is 0 Å². The number of fused-ring (bicyclic) bond motifs is 1. The van der Waals surface area contributed by atoms with Crippen LogP contribution in [0.15, 0.2) is 54.6 Å². The average molecular weight is 224 g/mol. The molecule has 1 heterocycles. The summed E-state index contributed by atoms with van der Waals surface area (Å²) in [6.45, 7) is 2.17. The number of hydrogen-bond donors (Lipinski definition) is 0. The Hall–Kier alpha value is -1.60. The lowest BCUT2D eigenvalue weighted by Crippen LogP contribution is -1.76. The van der Waals surface area contributed by atoms with E-state index in [1.807, 2.05) is 11.3 Å². The van der Waals surface area contributed by atoms with Crippen LogP contribution in [0.2, 0.25) is 0 Å². The molecule has 0 saturated heterocycles. The highest BCUT2D eigenvalue weighted by molar-refractivity contribution is 7.19. The number of thiophene rings is 1. The fraction of sp³-hybridized carbons (Fsp3) is 0.0667. The molecule has 0 amide bonds. The van der Waals surface area contributed by atoms with E-state index in [-0.39, 0.29) is 0 Å². The van der Waals surface area contributed by atoms with Crippen molar-refractivity contribution in [3.8, 4) is 11.1 Å². The van der Waals surface area contributed by atoms with Crippen LogP contribution in [0.1, 0.15) is 4.88 Å². The monoisotopic (exact) mass is 224 g/mol. The third-order valence-corrected chi connectivity index (χ3v) is 3.79. The molecule has 0 aliphatic heterocycles. The second kappa shape index (κ2) is 3.76. The first-order valence-corrected chi connectivity index (χ1v) is 6.21. The van der Waals surface area contributed by atoms with Gasteiger partial charge in [-0.2, -0.15) is 0 Å². The number of rotatable bonds is 1. The van der Waals surface area contributed by atoms with Gasteiger partial charge in [0.25, 0.3) is 0 Å². The zero-order chi connectivity index (χ0) is 11.0. The van der Waals surface area contributed by atoms with Crippen molar-refractivity contribution in [2.24, 2.45) is 0 Å². The molecular formula is C15H12S. The highest BCUT2D eigenvalue weighted by Crippen LogP contribution is 2.33. The maximum absolute atomic E-state index is 2.28. The molecule has 0 spiro atoms. The summed E-state index contributed by atoms with van der Waals surface area (Å²) >= 11 is 1.86. The van der Waals surface area contributed by atoms with Crippen LogP contribution in [0, 0.1) is 6.92 Å². The lowest BCUT2D eigenvalue weighted by Gasteiger charge is -2.02. The highest BCUT2D eigenvalue weighted by atomic mass is 32.1. The van der Waals surface area contributed by atoms with Gasteiger partial charge in [-0.1, -0.05) is 42.5 Å². The van der Waals surface area contributed by atoms with Crippen molar-refractivity contribution < 1.29 is 0 Å². The van der Waals surface area contributed by atoms with Crippen molar-refractivity contribution >= 4 is 21.4 Å². The van der Waals surface area contributed by atoms with Gasteiger partial charge in [-0.3, -0.25) is 0 Å². The smallest absolute Gasteiger partial charge is 0.0351 e. The van der Waals surface area contributed by atoms with Crippen LogP contribution in [-0.2, 0) is 0 Å². The zero-order valence-electron chi connectivity index (χ0n) is 9.10. The second-order valence-electron chi connectivity index (χ2n) is 3.94. The van der Waals surface area contributed by atoms with Crippen LogP contribution in [0.4, 0.5) is 0 Å². The van der Waals surface area contributed by atoms with E-state index < -0.39 is 0 Å². The predicted octanol–water partition coefficient (Wildman–Crippen LogP) is 4.88. The van der Waals surface area contributed by atoms with E-state index in [1.54, 1.807) is 0 Å². The molecular weight excluding hydrogens is 212 g/mol. The average Bonchev–Trinajstić information content (AvgIpc) is 2.70. The van der Waals surface area contributed by atoms with E-state index in [4.69, 9.17) is 0 Å². The Balaban J connectivity index is 2.31. The fourth-order valence-electron chi connectivity index (χ4n) is 2.06. The molecule has 0 unspecified atom stereocenters.